The molecule has 3 aromatic rings. The molecule has 0 spiro atoms. The Balaban J connectivity index is 1.82. The molecule has 130 valence electrons. The van der Waals surface area contributed by atoms with E-state index in [1.807, 2.05) is 18.2 Å². The van der Waals surface area contributed by atoms with Gasteiger partial charge < -0.3 is 9.47 Å². The van der Waals surface area contributed by atoms with Crippen LogP contribution in [-0.2, 0) is 11.2 Å². The second-order valence-electron chi connectivity index (χ2n) is 7.83. The van der Waals surface area contributed by atoms with Crippen LogP contribution in [0.1, 0.15) is 41.2 Å². The third kappa shape index (κ3) is 2.05. The third-order valence-corrected chi connectivity index (χ3v) is 5.81. The molecule has 2 aliphatic heterocycles. The van der Waals surface area contributed by atoms with Crippen LogP contribution < -0.4 is 9.47 Å². The molecule has 26 heavy (non-hydrogen) atoms. The largest absolute Gasteiger partial charge is 0.448 e. The summed E-state index contributed by atoms with van der Waals surface area (Å²) in [4.78, 5) is 0. The SMILES string of the molecule is Cc1ccc2c(c1)OC1(c3ccccc3)CC2(C)c2ccc(C)cc2O1. The van der Waals surface area contributed by atoms with Gasteiger partial charge in [0.15, 0.2) is 0 Å². The molecule has 0 radical (unpaired) electrons. The maximum atomic E-state index is 6.60. The van der Waals surface area contributed by atoms with Gasteiger partial charge in [0.1, 0.15) is 11.5 Å². The normalized spacial score (nSPS) is 25.5. The van der Waals surface area contributed by atoms with Gasteiger partial charge in [-0.3, -0.25) is 0 Å². The summed E-state index contributed by atoms with van der Waals surface area (Å²) < 4.78 is 13.2. The summed E-state index contributed by atoms with van der Waals surface area (Å²) in [6.07, 6.45) is 0.760. The zero-order valence-corrected chi connectivity index (χ0v) is 15.4. The molecule has 0 fully saturated rings. The van der Waals surface area contributed by atoms with Gasteiger partial charge in [0.25, 0.3) is 5.79 Å². The monoisotopic (exact) mass is 342 g/mol. The van der Waals surface area contributed by atoms with Crippen LogP contribution in [0.3, 0.4) is 0 Å². The van der Waals surface area contributed by atoms with Gasteiger partial charge in [-0.2, -0.15) is 0 Å². The van der Waals surface area contributed by atoms with E-state index in [1.54, 1.807) is 0 Å². The van der Waals surface area contributed by atoms with E-state index < -0.39 is 5.79 Å². The van der Waals surface area contributed by atoms with Crippen molar-refractivity contribution in [1.82, 2.24) is 0 Å². The van der Waals surface area contributed by atoms with Crippen LogP contribution in [0.5, 0.6) is 11.5 Å². The molecular formula is C24H22O2. The molecule has 0 aliphatic carbocycles. The molecule has 0 saturated carbocycles. The van der Waals surface area contributed by atoms with E-state index in [-0.39, 0.29) is 5.41 Å². The third-order valence-electron chi connectivity index (χ3n) is 5.81. The summed E-state index contributed by atoms with van der Waals surface area (Å²) in [5.41, 5.74) is 5.77. The predicted octanol–water partition coefficient (Wildman–Crippen LogP) is 5.64. The van der Waals surface area contributed by atoms with Crippen LogP contribution >= 0.6 is 0 Å². The van der Waals surface area contributed by atoms with Crippen molar-refractivity contribution in [2.45, 2.75) is 38.4 Å². The molecule has 2 bridgehead atoms. The van der Waals surface area contributed by atoms with Crippen LogP contribution in [0.4, 0.5) is 0 Å². The molecule has 0 atom stereocenters. The first-order valence-corrected chi connectivity index (χ1v) is 9.16. The van der Waals surface area contributed by atoms with E-state index in [1.165, 1.54) is 22.3 Å². The summed E-state index contributed by atoms with van der Waals surface area (Å²) in [7, 11) is 0. The summed E-state index contributed by atoms with van der Waals surface area (Å²) in [6.45, 7) is 6.52. The lowest BCUT2D eigenvalue weighted by Gasteiger charge is -2.51. The van der Waals surface area contributed by atoms with Crippen molar-refractivity contribution in [2.24, 2.45) is 0 Å². The molecule has 2 heteroatoms. The van der Waals surface area contributed by atoms with E-state index in [2.05, 4.69) is 69.3 Å². The van der Waals surface area contributed by atoms with E-state index in [9.17, 15) is 0 Å². The maximum Gasteiger partial charge on any atom is 0.279 e. The smallest absolute Gasteiger partial charge is 0.279 e. The maximum absolute atomic E-state index is 6.60. The number of aryl methyl sites for hydroxylation is 2. The van der Waals surface area contributed by atoms with Gasteiger partial charge in [-0.05, 0) is 37.1 Å². The molecule has 0 N–H and O–H groups in total. The van der Waals surface area contributed by atoms with Crippen molar-refractivity contribution in [3.63, 3.8) is 0 Å². The quantitative estimate of drug-likeness (QED) is 0.570. The molecule has 2 nitrogen and oxygen atoms in total. The second kappa shape index (κ2) is 5.14. The highest BCUT2D eigenvalue weighted by Gasteiger charge is 2.55. The Hall–Kier alpha value is -2.74. The van der Waals surface area contributed by atoms with E-state index in [0.717, 1.165) is 23.5 Å². The Labute approximate surface area is 154 Å². The number of hydrogen-bond acceptors (Lipinski definition) is 2. The lowest BCUT2D eigenvalue weighted by molar-refractivity contribution is -0.160. The highest BCUT2D eigenvalue weighted by atomic mass is 16.7. The van der Waals surface area contributed by atoms with Crippen LogP contribution in [0.15, 0.2) is 66.7 Å². The van der Waals surface area contributed by atoms with E-state index in [4.69, 9.17) is 9.47 Å². The van der Waals surface area contributed by atoms with Crippen molar-refractivity contribution < 1.29 is 9.47 Å². The molecular weight excluding hydrogens is 320 g/mol. The van der Waals surface area contributed by atoms with Crippen molar-refractivity contribution in [1.29, 1.82) is 0 Å². The zero-order chi connectivity index (χ0) is 17.9. The Morgan fingerprint density at radius 3 is 1.81 bits per heavy atom. The minimum Gasteiger partial charge on any atom is -0.448 e. The fourth-order valence-corrected chi connectivity index (χ4v) is 4.50. The van der Waals surface area contributed by atoms with Gasteiger partial charge >= 0.3 is 0 Å². The Morgan fingerprint density at radius 2 is 1.27 bits per heavy atom. The van der Waals surface area contributed by atoms with Crippen molar-refractivity contribution in [3.05, 3.63) is 94.5 Å². The van der Waals surface area contributed by atoms with E-state index in [0.29, 0.717) is 0 Å². The molecule has 2 heterocycles. The topological polar surface area (TPSA) is 18.5 Å². The van der Waals surface area contributed by atoms with Gasteiger partial charge in [-0.15, -0.1) is 0 Å². The van der Waals surface area contributed by atoms with Crippen molar-refractivity contribution in [3.8, 4) is 11.5 Å². The Morgan fingerprint density at radius 1 is 0.731 bits per heavy atom. The lowest BCUT2D eigenvalue weighted by atomic mass is 9.66. The Bertz CT molecular complexity index is 948. The number of hydrogen-bond donors (Lipinski definition) is 0. The fraction of sp³-hybridized carbons (Fsp3) is 0.250. The summed E-state index contributed by atoms with van der Waals surface area (Å²) in [6, 6.07) is 23.4. The predicted molar refractivity (Wildman–Crippen MR) is 103 cm³/mol. The molecule has 5 rings (SSSR count). The van der Waals surface area contributed by atoms with Gasteiger partial charge in [0.05, 0.1) is 0 Å². The van der Waals surface area contributed by atoms with Crippen LogP contribution in [0.25, 0.3) is 0 Å². The first-order valence-electron chi connectivity index (χ1n) is 9.16. The zero-order valence-electron chi connectivity index (χ0n) is 15.4. The highest BCUT2D eigenvalue weighted by Crippen LogP contribution is 2.58. The molecule has 0 saturated heterocycles. The summed E-state index contributed by atoms with van der Waals surface area (Å²) in [5.74, 6) is 1.06. The van der Waals surface area contributed by atoms with Gasteiger partial charge in [-0.25, -0.2) is 0 Å². The molecule has 0 aromatic heterocycles. The first kappa shape index (κ1) is 15.5. The van der Waals surface area contributed by atoms with Crippen LogP contribution in [0, 0.1) is 13.8 Å². The first-order chi connectivity index (χ1) is 12.5. The lowest BCUT2D eigenvalue weighted by Crippen LogP contribution is -2.52. The average Bonchev–Trinajstić information content (AvgIpc) is 2.61. The number of rotatable bonds is 1. The second-order valence-corrected chi connectivity index (χ2v) is 7.83. The number of ether oxygens (including phenoxy) is 2. The van der Waals surface area contributed by atoms with Crippen molar-refractivity contribution in [2.75, 3.05) is 0 Å². The summed E-state index contributed by atoms with van der Waals surface area (Å²) >= 11 is 0. The highest BCUT2D eigenvalue weighted by molar-refractivity contribution is 5.57. The minimum absolute atomic E-state index is 0.154. The molecule has 0 amide bonds. The summed E-state index contributed by atoms with van der Waals surface area (Å²) in [5, 5.41) is 0. The van der Waals surface area contributed by atoms with Crippen LogP contribution in [0.2, 0.25) is 0 Å². The molecule has 0 unspecified atom stereocenters. The standard InChI is InChI=1S/C24H22O2/c1-16-9-11-19-21(13-16)25-24(18-7-5-4-6-8-18)15-23(19,3)20-12-10-17(2)14-22(20)26-24/h4-14H,15H2,1-3H3. The van der Waals surface area contributed by atoms with Crippen molar-refractivity contribution >= 4 is 0 Å². The van der Waals surface area contributed by atoms with Gasteiger partial charge in [-0.1, -0.05) is 61.5 Å². The fourth-order valence-electron chi connectivity index (χ4n) is 4.50. The van der Waals surface area contributed by atoms with Gasteiger partial charge in [0.2, 0.25) is 0 Å². The van der Waals surface area contributed by atoms with E-state index >= 15 is 0 Å². The Kier molecular flexibility index (Phi) is 3.06. The average molecular weight is 342 g/mol. The molecule has 3 aromatic carbocycles. The van der Waals surface area contributed by atoms with Crippen LogP contribution in [-0.4, -0.2) is 0 Å². The number of fused-ring (bicyclic) bond motifs is 6. The number of benzene rings is 3. The molecule has 2 aliphatic rings. The minimum atomic E-state index is -0.794. The van der Waals surface area contributed by atoms with Gasteiger partial charge in [0, 0.05) is 28.5 Å².